The molecule has 54 heavy (non-hydrogen) atoms. The van der Waals surface area contributed by atoms with Crippen LogP contribution in [0.5, 0.6) is 5.75 Å². The lowest BCUT2D eigenvalue weighted by Crippen LogP contribution is -2.34. The Hall–Kier alpha value is -4.65. The largest absolute Gasteiger partial charge is 0.436 e. The molecular weight excluding hydrogens is 716 g/mol. The fourth-order valence-corrected chi connectivity index (χ4v) is 9.50. The van der Waals surface area contributed by atoms with Crippen LogP contribution in [0.2, 0.25) is 5.02 Å². The number of fused-ring (bicyclic) bond motifs is 4. The van der Waals surface area contributed by atoms with Gasteiger partial charge in [0.2, 0.25) is 5.89 Å². The van der Waals surface area contributed by atoms with Gasteiger partial charge in [-0.1, -0.05) is 35.9 Å². The number of alkyl halides is 2. The molecule has 1 aliphatic heterocycles. The smallest absolute Gasteiger partial charge is 0.387 e. The maximum atomic E-state index is 13.8. The average molecular weight is 758 g/mol. The number of hydrogen-bond acceptors (Lipinski definition) is 8. The highest BCUT2D eigenvalue weighted by molar-refractivity contribution is 6.36. The molecule has 0 spiro atoms. The molecule has 282 valence electrons. The van der Waals surface area contributed by atoms with Crippen LogP contribution in [0.4, 0.5) is 14.5 Å². The molecule has 2 aliphatic carbocycles. The highest BCUT2D eigenvalue weighted by atomic mass is 35.5. The van der Waals surface area contributed by atoms with Crippen LogP contribution < -0.4 is 10.1 Å². The molecule has 3 aromatic carbocycles. The van der Waals surface area contributed by atoms with Crippen LogP contribution in [-0.4, -0.2) is 65.0 Å². The fraction of sp³-hybridized carbons (Fsp3) is 0.415. The van der Waals surface area contributed by atoms with Crippen molar-refractivity contribution in [3.63, 3.8) is 0 Å². The van der Waals surface area contributed by atoms with Gasteiger partial charge >= 0.3 is 6.61 Å². The summed E-state index contributed by atoms with van der Waals surface area (Å²) in [6.45, 7) is 2.37. The number of rotatable bonds is 12. The van der Waals surface area contributed by atoms with Crippen molar-refractivity contribution in [1.82, 2.24) is 19.4 Å². The van der Waals surface area contributed by atoms with Crippen LogP contribution in [0, 0.1) is 17.8 Å². The summed E-state index contributed by atoms with van der Waals surface area (Å²) >= 11 is 7.00. The highest BCUT2D eigenvalue weighted by Crippen LogP contribution is 2.63. The van der Waals surface area contributed by atoms with E-state index in [9.17, 15) is 18.4 Å². The van der Waals surface area contributed by atoms with Crippen molar-refractivity contribution < 1.29 is 32.3 Å². The Balaban J connectivity index is 0.984. The predicted molar refractivity (Wildman–Crippen MR) is 201 cm³/mol. The van der Waals surface area contributed by atoms with Gasteiger partial charge in [-0.25, -0.2) is 9.97 Å². The first-order valence-electron chi connectivity index (χ1n) is 18.3. The van der Waals surface area contributed by atoms with E-state index < -0.39 is 6.61 Å². The number of hydrogen-bond donors (Lipinski definition) is 1. The Morgan fingerprint density at radius 3 is 2.57 bits per heavy atom. The number of oxazole rings is 1. The molecule has 2 saturated carbocycles. The summed E-state index contributed by atoms with van der Waals surface area (Å²) in [6, 6.07) is 13.6. The van der Waals surface area contributed by atoms with Gasteiger partial charge in [0.1, 0.15) is 11.3 Å². The van der Waals surface area contributed by atoms with Gasteiger partial charge in [0.05, 0.1) is 28.6 Å². The minimum Gasteiger partial charge on any atom is -0.436 e. The van der Waals surface area contributed by atoms with Crippen molar-refractivity contribution in [3.05, 3.63) is 81.9 Å². The number of ether oxygens (including phenoxy) is 2. The Labute approximate surface area is 316 Å². The second kappa shape index (κ2) is 14.2. The molecule has 1 N–H and O–H groups in total. The number of imidazole rings is 1. The molecule has 2 aromatic heterocycles. The maximum absolute atomic E-state index is 13.8. The summed E-state index contributed by atoms with van der Waals surface area (Å²) in [5.41, 5.74) is 6.62. The molecule has 0 saturated heterocycles. The normalized spacial score (nSPS) is 20.9. The number of nitrogens with one attached hydrogen (secondary N) is 1. The van der Waals surface area contributed by atoms with Crippen molar-refractivity contribution >= 4 is 40.6 Å². The van der Waals surface area contributed by atoms with Crippen LogP contribution in [0.1, 0.15) is 76.5 Å². The Kier molecular flexibility index (Phi) is 9.56. The van der Waals surface area contributed by atoms with Gasteiger partial charge in [0, 0.05) is 56.6 Å². The van der Waals surface area contributed by atoms with Gasteiger partial charge < -0.3 is 23.8 Å². The summed E-state index contributed by atoms with van der Waals surface area (Å²) in [6.07, 6.45) is 8.89. The third-order valence-electron chi connectivity index (χ3n) is 12.0. The van der Waals surface area contributed by atoms with Crippen molar-refractivity contribution in [2.75, 3.05) is 32.1 Å². The third kappa shape index (κ3) is 6.58. The summed E-state index contributed by atoms with van der Waals surface area (Å²) in [5.74, 6) is -0.0674. The topological polar surface area (TPSA) is 112 Å². The van der Waals surface area contributed by atoms with Gasteiger partial charge in [-0.3, -0.25) is 14.5 Å². The van der Waals surface area contributed by atoms with Crippen molar-refractivity contribution in [1.29, 1.82) is 0 Å². The van der Waals surface area contributed by atoms with E-state index in [1.807, 2.05) is 56.0 Å². The van der Waals surface area contributed by atoms with Crippen molar-refractivity contribution in [3.8, 4) is 28.3 Å². The van der Waals surface area contributed by atoms with Gasteiger partial charge in [-0.05, 0) is 92.1 Å². The number of nitrogens with zero attached hydrogens (tertiary/aromatic N) is 4. The zero-order chi connectivity index (χ0) is 37.8. The molecule has 1 amide bonds. The molecular formula is C41H42ClF2N5O5. The number of carbonyl (C=O) groups is 2. The van der Waals surface area contributed by atoms with E-state index >= 15 is 0 Å². The van der Waals surface area contributed by atoms with Crippen LogP contribution in [0.3, 0.4) is 0 Å². The van der Waals surface area contributed by atoms with Crippen LogP contribution in [0.25, 0.3) is 33.7 Å². The molecule has 3 heterocycles. The molecule has 13 heteroatoms. The van der Waals surface area contributed by atoms with Crippen LogP contribution in [-0.2, 0) is 24.8 Å². The number of amides is 1. The standard InChI is InChI=1S/C41H42ClF2N5O5/c1-24-26(6-4-7-27(24)38-47-30-18-25(21-50)33(54-39(43)44)19-34(30)53-38)28-8-5-9-29(35(28)42)46-37(51)36-45-31-20-49(16-10-32(31)48(36)2)17-15-40-11-13-41(22-40,14-12-40)23-52-3/h4-9,18-19,21,39H,10-17,20,22-23H2,1-3H3,(H,46,51). The Morgan fingerprint density at radius 2 is 1.81 bits per heavy atom. The predicted octanol–water partition coefficient (Wildman–Crippen LogP) is 8.87. The summed E-state index contributed by atoms with van der Waals surface area (Å²) < 4.78 is 43.8. The van der Waals surface area contributed by atoms with E-state index in [0.717, 1.165) is 55.2 Å². The molecule has 2 bridgehead atoms. The van der Waals surface area contributed by atoms with E-state index in [0.29, 0.717) is 50.3 Å². The quantitative estimate of drug-likeness (QED) is 0.126. The number of methoxy groups -OCH3 is 1. The third-order valence-corrected chi connectivity index (χ3v) is 12.4. The number of aromatic nitrogens is 3. The van der Waals surface area contributed by atoms with Gasteiger partial charge in [-0.15, -0.1) is 0 Å². The number of benzene rings is 3. The van der Waals surface area contributed by atoms with Gasteiger partial charge in [-0.2, -0.15) is 8.78 Å². The molecule has 0 unspecified atom stereocenters. The lowest BCUT2D eigenvalue weighted by Gasteiger charge is -2.32. The van der Waals surface area contributed by atoms with E-state index in [-0.39, 0.29) is 28.7 Å². The zero-order valence-corrected chi connectivity index (χ0v) is 31.3. The first kappa shape index (κ1) is 36.3. The summed E-state index contributed by atoms with van der Waals surface area (Å²) in [5, 5.41) is 3.35. The van der Waals surface area contributed by atoms with Crippen molar-refractivity contribution in [2.45, 2.75) is 65.0 Å². The first-order valence-corrected chi connectivity index (χ1v) is 18.7. The summed E-state index contributed by atoms with van der Waals surface area (Å²) in [4.78, 5) is 37.1. The zero-order valence-electron chi connectivity index (χ0n) is 30.5. The van der Waals surface area contributed by atoms with Crippen LogP contribution >= 0.6 is 11.6 Å². The van der Waals surface area contributed by atoms with Crippen LogP contribution in [0.15, 0.2) is 52.9 Å². The van der Waals surface area contributed by atoms with Gasteiger partial charge in [0.15, 0.2) is 17.7 Å². The average Bonchev–Trinajstić information content (AvgIpc) is 3.92. The first-order chi connectivity index (χ1) is 26.0. The minimum atomic E-state index is -3.10. The molecule has 8 rings (SSSR count). The molecule has 0 radical (unpaired) electrons. The second-order valence-electron chi connectivity index (χ2n) is 15.2. The lowest BCUT2D eigenvalue weighted by atomic mass is 9.80. The SMILES string of the molecule is COCC12CCC(CCN3CCc4c(nc(C(=O)Nc5cccc(-c6cccc(-c7nc8cc(C=O)c(OC(F)F)cc8o7)c6C)c5Cl)n4C)C3)(CC1)C2. The monoisotopic (exact) mass is 757 g/mol. The number of anilines is 1. The fourth-order valence-electron chi connectivity index (χ4n) is 9.22. The highest BCUT2D eigenvalue weighted by Gasteiger charge is 2.53. The Morgan fingerprint density at radius 1 is 1.07 bits per heavy atom. The molecule has 3 aliphatic rings. The maximum Gasteiger partial charge on any atom is 0.387 e. The molecule has 10 nitrogen and oxygen atoms in total. The Bertz CT molecular complexity index is 2260. The van der Waals surface area contributed by atoms with Gasteiger partial charge in [0.25, 0.3) is 5.91 Å². The van der Waals surface area contributed by atoms with E-state index in [2.05, 4.69) is 19.9 Å². The summed E-state index contributed by atoms with van der Waals surface area (Å²) in [7, 11) is 3.72. The number of halogens is 3. The minimum absolute atomic E-state index is 0.0657. The second-order valence-corrected chi connectivity index (χ2v) is 15.6. The molecule has 0 atom stereocenters. The number of aldehydes is 1. The van der Waals surface area contributed by atoms with E-state index in [1.54, 1.807) is 6.07 Å². The molecule has 5 aromatic rings. The van der Waals surface area contributed by atoms with E-state index in [4.69, 9.17) is 25.7 Å². The number of carbonyl (C=O) groups excluding carboxylic acids is 2. The van der Waals surface area contributed by atoms with Crippen molar-refractivity contribution in [2.24, 2.45) is 17.9 Å². The van der Waals surface area contributed by atoms with E-state index in [1.165, 1.54) is 50.7 Å². The molecule has 2 fully saturated rings. The lowest BCUT2D eigenvalue weighted by molar-refractivity contribution is -0.0500.